The number of rotatable bonds is 5. The third kappa shape index (κ3) is 3.43. The van der Waals surface area contributed by atoms with Gasteiger partial charge < -0.3 is 0 Å². The molecule has 1 saturated carbocycles. The fraction of sp³-hybridized carbons (Fsp3) is 0.923. The van der Waals surface area contributed by atoms with E-state index >= 15 is 0 Å². The van der Waals surface area contributed by atoms with E-state index in [0.717, 1.165) is 19.3 Å². The van der Waals surface area contributed by atoms with Gasteiger partial charge in [-0.25, -0.2) is 0 Å². The SMILES string of the molecule is CCCCC[C@@H](C)[C@H]1CCCCC1=O. The molecule has 0 unspecified atom stereocenters. The van der Waals surface area contributed by atoms with Crippen molar-refractivity contribution in [1.82, 2.24) is 0 Å². The maximum Gasteiger partial charge on any atom is 0.136 e. The first-order valence-corrected chi connectivity index (χ1v) is 6.28. The van der Waals surface area contributed by atoms with Crippen LogP contribution in [0.5, 0.6) is 0 Å². The third-order valence-electron chi connectivity index (χ3n) is 3.55. The molecule has 1 rings (SSSR count). The largest absolute Gasteiger partial charge is 0.299 e. The molecule has 2 atom stereocenters. The first kappa shape index (κ1) is 11.7. The molecule has 0 bridgehead atoms. The van der Waals surface area contributed by atoms with Gasteiger partial charge in [0.25, 0.3) is 0 Å². The van der Waals surface area contributed by atoms with Crippen LogP contribution in [-0.4, -0.2) is 5.78 Å². The zero-order valence-corrected chi connectivity index (χ0v) is 9.72. The van der Waals surface area contributed by atoms with Gasteiger partial charge in [0.2, 0.25) is 0 Å². The van der Waals surface area contributed by atoms with Gasteiger partial charge in [-0.05, 0) is 18.8 Å². The van der Waals surface area contributed by atoms with E-state index in [1.807, 2.05) is 0 Å². The second-order valence-corrected chi connectivity index (χ2v) is 4.79. The molecule has 14 heavy (non-hydrogen) atoms. The molecule has 1 aliphatic rings. The van der Waals surface area contributed by atoms with E-state index in [4.69, 9.17) is 0 Å². The van der Waals surface area contributed by atoms with Gasteiger partial charge in [-0.3, -0.25) is 4.79 Å². The molecule has 1 nitrogen and oxygen atoms in total. The Morgan fingerprint density at radius 1 is 1.36 bits per heavy atom. The average Bonchev–Trinajstić information content (AvgIpc) is 2.18. The zero-order chi connectivity index (χ0) is 10.4. The van der Waals surface area contributed by atoms with Gasteiger partial charge in [0, 0.05) is 12.3 Å². The van der Waals surface area contributed by atoms with Gasteiger partial charge in [-0.1, -0.05) is 46.0 Å². The molecular formula is C13H24O. The van der Waals surface area contributed by atoms with Gasteiger partial charge in [0.1, 0.15) is 5.78 Å². The Hall–Kier alpha value is -0.330. The summed E-state index contributed by atoms with van der Waals surface area (Å²) in [7, 11) is 0. The first-order chi connectivity index (χ1) is 6.75. The summed E-state index contributed by atoms with van der Waals surface area (Å²) >= 11 is 0. The standard InChI is InChI=1S/C13H24O/c1-3-4-5-8-11(2)12-9-6-7-10-13(12)14/h11-12H,3-10H2,1-2H3/t11-,12-/m1/s1. The van der Waals surface area contributed by atoms with Crippen molar-refractivity contribution in [1.29, 1.82) is 0 Å². The summed E-state index contributed by atoms with van der Waals surface area (Å²) in [6, 6.07) is 0. The quantitative estimate of drug-likeness (QED) is 0.608. The topological polar surface area (TPSA) is 17.1 Å². The lowest BCUT2D eigenvalue weighted by Gasteiger charge is -2.26. The Kier molecular flexibility index (Phi) is 5.21. The van der Waals surface area contributed by atoms with E-state index in [1.54, 1.807) is 0 Å². The highest BCUT2D eigenvalue weighted by molar-refractivity contribution is 5.81. The van der Waals surface area contributed by atoms with Crippen LogP contribution in [0.25, 0.3) is 0 Å². The summed E-state index contributed by atoms with van der Waals surface area (Å²) in [6.07, 6.45) is 9.59. The van der Waals surface area contributed by atoms with Crippen LogP contribution in [0.1, 0.15) is 65.2 Å². The van der Waals surface area contributed by atoms with Crippen molar-refractivity contribution in [2.75, 3.05) is 0 Å². The fourth-order valence-corrected chi connectivity index (χ4v) is 2.53. The maximum atomic E-state index is 11.7. The lowest BCUT2D eigenvalue weighted by Crippen LogP contribution is -2.25. The van der Waals surface area contributed by atoms with Crippen molar-refractivity contribution in [3.8, 4) is 0 Å². The summed E-state index contributed by atoms with van der Waals surface area (Å²) in [5.41, 5.74) is 0. The van der Waals surface area contributed by atoms with E-state index in [2.05, 4.69) is 13.8 Å². The average molecular weight is 196 g/mol. The van der Waals surface area contributed by atoms with Crippen molar-refractivity contribution in [3.05, 3.63) is 0 Å². The zero-order valence-electron chi connectivity index (χ0n) is 9.72. The van der Waals surface area contributed by atoms with Crippen LogP contribution in [0.15, 0.2) is 0 Å². The van der Waals surface area contributed by atoms with Gasteiger partial charge in [0.15, 0.2) is 0 Å². The monoisotopic (exact) mass is 196 g/mol. The van der Waals surface area contributed by atoms with Crippen molar-refractivity contribution >= 4 is 5.78 Å². The molecule has 0 amide bonds. The van der Waals surface area contributed by atoms with E-state index in [-0.39, 0.29) is 0 Å². The van der Waals surface area contributed by atoms with E-state index in [1.165, 1.54) is 32.1 Å². The summed E-state index contributed by atoms with van der Waals surface area (Å²) in [4.78, 5) is 11.7. The van der Waals surface area contributed by atoms with Gasteiger partial charge in [-0.15, -0.1) is 0 Å². The number of unbranched alkanes of at least 4 members (excludes halogenated alkanes) is 2. The Balaban J connectivity index is 2.27. The highest BCUT2D eigenvalue weighted by atomic mass is 16.1. The predicted molar refractivity (Wildman–Crippen MR) is 60.3 cm³/mol. The first-order valence-electron chi connectivity index (χ1n) is 6.28. The number of carbonyl (C=O) groups excluding carboxylic acids is 1. The van der Waals surface area contributed by atoms with Crippen LogP contribution in [0.4, 0.5) is 0 Å². The molecule has 0 aromatic heterocycles. The number of Topliss-reactive ketones (excluding diaryl/α,β-unsaturated/α-hetero) is 1. The van der Waals surface area contributed by atoms with E-state index < -0.39 is 0 Å². The van der Waals surface area contributed by atoms with Crippen molar-refractivity contribution < 1.29 is 4.79 Å². The minimum atomic E-state index is 0.403. The van der Waals surface area contributed by atoms with Crippen molar-refractivity contribution in [2.45, 2.75) is 65.2 Å². The van der Waals surface area contributed by atoms with Crippen LogP contribution in [-0.2, 0) is 4.79 Å². The third-order valence-corrected chi connectivity index (χ3v) is 3.55. The Morgan fingerprint density at radius 3 is 2.79 bits per heavy atom. The lowest BCUT2D eigenvalue weighted by molar-refractivity contribution is -0.126. The predicted octanol–water partition coefficient (Wildman–Crippen LogP) is 3.96. The molecule has 82 valence electrons. The van der Waals surface area contributed by atoms with Crippen LogP contribution < -0.4 is 0 Å². The lowest BCUT2D eigenvalue weighted by atomic mass is 9.78. The highest BCUT2D eigenvalue weighted by Gasteiger charge is 2.26. The molecule has 0 aromatic carbocycles. The molecule has 0 aromatic rings. The fourth-order valence-electron chi connectivity index (χ4n) is 2.53. The summed E-state index contributed by atoms with van der Waals surface area (Å²) < 4.78 is 0. The molecule has 1 heteroatoms. The Labute approximate surface area is 88.3 Å². The van der Waals surface area contributed by atoms with Crippen molar-refractivity contribution in [2.24, 2.45) is 11.8 Å². The second-order valence-electron chi connectivity index (χ2n) is 4.79. The molecule has 0 saturated heterocycles. The second kappa shape index (κ2) is 6.21. The minimum absolute atomic E-state index is 0.403. The van der Waals surface area contributed by atoms with E-state index in [0.29, 0.717) is 17.6 Å². The van der Waals surface area contributed by atoms with Crippen LogP contribution >= 0.6 is 0 Å². The van der Waals surface area contributed by atoms with Gasteiger partial charge >= 0.3 is 0 Å². The Morgan fingerprint density at radius 2 is 2.14 bits per heavy atom. The molecule has 0 radical (unpaired) electrons. The molecule has 1 fully saturated rings. The number of hydrogen-bond donors (Lipinski definition) is 0. The summed E-state index contributed by atoms with van der Waals surface area (Å²) in [5.74, 6) is 1.58. The molecule has 0 N–H and O–H groups in total. The van der Waals surface area contributed by atoms with Crippen molar-refractivity contribution in [3.63, 3.8) is 0 Å². The molecule has 0 heterocycles. The van der Waals surface area contributed by atoms with Crippen LogP contribution in [0.3, 0.4) is 0 Å². The molecule has 0 aliphatic heterocycles. The number of carbonyl (C=O) groups is 1. The Bertz CT molecular complexity index is 174. The number of ketones is 1. The molecule has 0 spiro atoms. The minimum Gasteiger partial charge on any atom is -0.299 e. The summed E-state index contributed by atoms with van der Waals surface area (Å²) in [6.45, 7) is 4.50. The smallest absolute Gasteiger partial charge is 0.136 e. The number of hydrogen-bond acceptors (Lipinski definition) is 1. The van der Waals surface area contributed by atoms with Crippen LogP contribution in [0.2, 0.25) is 0 Å². The van der Waals surface area contributed by atoms with Gasteiger partial charge in [0.05, 0.1) is 0 Å². The normalized spacial score (nSPS) is 25.0. The summed E-state index contributed by atoms with van der Waals surface area (Å²) in [5, 5.41) is 0. The van der Waals surface area contributed by atoms with Crippen LogP contribution in [0, 0.1) is 11.8 Å². The van der Waals surface area contributed by atoms with Gasteiger partial charge in [-0.2, -0.15) is 0 Å². The van der Waals surface area contributed by atoms with E-state index in [9.17, 15) is 4.79 Å². The molecular weight excluding hydrogens is 172 g/mol. The molecule has 1 aliphatic carbocycles. The maximum absolute atomic E-state index is 11.7. The highest BCUT2D eigenvalue weighted by Crippen LogP contribution is 2.29.